The van der Waals surface area contributed by atoms with E-state index in [0.717, 1.165) is 16.2 Å². The summed E-state index contributed by atoms with van der Waals surface area (Å²) in [5.41, 5.74) is 5.64. The molecular formula is C14H12BrF2N3O. The number of carbonyl (C=O) groups is 1. The molecular weight excluding hydrogens is 344 g/mol. The Morgan fingerprint density at radius 2 is 2.10 bits per heavy atom. The van der Waals surface area contributed by atoms with Crippen LogP contribution in [0.25, 0.3) is 0 Å². The van der Waals surface area contributed by atoms with Crippen molar-refractivity contribution in [1.82, 2.24) is 4.98 Å². The zero-order valence-corrected chi connectivity index (χ0v) is 12.6. The minimum absolute atomic E-state index is 0.0920. The summed E-state index contributed by atoms with van der Waals surface area (Å²) in [6, 6.07) is 3.22. The molecule has 110 valence electrons. The van der Waals surface area contributed by atoms with Crippen molar-refractivity contribution >= 4 is 27.5 Å². The second-order valence-electron chi connectivity index (χ2n) is 4.45. The van der Waals surface area contributed by atoms with Gasteiger partial charge >= 0.3 is 6.05 Å². The molecule has 1 aromatic heterocycles. The third-order valence-electron chi connectivity index (χ3n) is 2.79. The van der Waals surface area contributed by atoms with Gasteiger partial charge in [0.25, 0.3) is 5.91 Å². The van der Waals surface area contributed by atoms with Gasteiger partial charge in [-0.3, -0.25) is 15.5 Å². The Morgan fingerprint density at radius 3 is 2.71 bits per heavy atom. The zero-order chi connectivity index (χ0) is 15.6. The zero-order valence-electron chi connectivity index (χ0n) is 11.0. The molecule has 0 atom stereocenters. The van der Waals surface area contributed by atoms with Gasteiger partial charge in [-0.05, 0) is 41.1 Å². The first-order chi connectivity index (χ1) is 9.77. The summed E-state index contributed by atoms with van der Waals surface area (Å²) in [5.74, 6) is -0.515. The normalized spacial score (nSPS) is 11.3. The van der Waals surface area contributed by atoms with E-state index in [1.54, 1.807) is 6.07 Å². The molecule has 0 aliphatic carbocycles. The minimum Gasteiger partial charge on any atom is -0.321 e. The fraction of sp³-hybridized carbons (Fsp3) is 0.143. The summed E-state index contributed by atoms with van der Waals surface area (Å²) < 4.78 is 26.8. The van der Waals surface area contributed by atoms with Crippen LogP contribution < -0.4 is 11.1 Å². The molecule has 0 aliphatic rings. The number of halogens is 3. The quantitative estimate of drug-likeness (QED) is 0.829. The summed E-state index contributed by atoms with van der Waals surface area (Å²) in [5, 5.41) is 2.59. The van der Waals surface area contributed by atoms with Crippen LogP contribution in [-0.2, 0) is 6.05 Å². The molecule has 1 heterocycles. The summed E-state index contributed by atoms with van der Waals surface area (Å²) in [7, 11) is 0. The van der Waals surface area contributed by atoms with Crippen molar-refractivity contribution in [2.45, 2.75) is 13.0 Å². The summed E-state index contributed by atoms with van der Waals surface area (Å²) in [6.07, 6.45) is 1.49. The molecule has 21 heavy (non-hydrogen) atoms. The molecule has 4 nitrogen and oxygen atoms in total. The standard InChI is InChI=1S/C14H12BrF2N3O/c1-8-12(15)6-11(7-19-8)20-13(21)9-3-2-4-10(5-9)14(16,17)18/h2-7H,18H2,1H3,(H,20,21). The van der Waals surface area contributed by atoms with Gasteiger partial charge in [-0.1, -0.05) is 12.1 Å². The first-order valence-electron chi connectivity index (χ1n) is 5.98. The number of pyridine rings is 1. The molecule has 0 bridgehead atoms. The van der Waals surface area contributed by atoms with E-state index >= 15 is 0 Å². The van der Waals surface area contributed by atoms with E-state index in [1.165, 1.54) is 24.4 Å². The van der Waals surface area contributed by atoms with E-state index in [9.17, 15) is 13.6 Å². The van der Waals surface area contributed by atoms with Crippen LogP contribution in [0.4, 0.5) is 14.5 Å². The molecule has 0 aliphatic heterocycles. The first kappa shape index (κ1) is 15.5. The second kappa shape index (κ2) is 5.87. The minimum atomic E-state index is -3.48. The summed E-state index contributed by atoms with van der Waals surface area (Å²) in [4.78, 5) is 16.1. The highest BCUT2D eigenvalue weighted by atomic mass is 79.9. The Labute approximate surface area is 128 Å². The third-order valence-corrected chi connectivity index (χ3v) is 3.60. The van der Waals surface area contributed by atoms with Crippen LogP contribution in [-0.4, -0.2) is 10.9 Å². The number of anilines is 1. The Hall–Kier alpha value is -1.86. The number of aryl methyl sites for hydroxylation is 1. The van der Waals surface area contributed by atoms with Gasteiger partial charge < -0.3 is 5.32 Å². The molecule has 0 unspecified atom stereocenters. The number of rotatable bonds is 3. The molecule has 1 aromatic carbocycles. The lowest BCUT2D eigenvalue weighted by molar-refractivity contribution is 0.00295. The van der Waals surface area contributed by atoms with Crippen molar-refractivity contribution < 1.29 is 13.6 Å². The lowest BCUT2D eigenvalue weighted by Crippen LogP contribution is -2.25. The van der Waals surface area contributed by atoms with E-state index in [-0.39, 0.29) is 5.56 Å². The number of carbonyl (C=O) groups excluding carboxylic acids is 1. The van der Waals surface area contributed by atoms with Crippen LogP contribution >= 0.6 is 15.9 Å². The fourth-order valence-electron chi connectivity index (χ4n) is 1.65. The lowest BCUT2D eigenvalue weighted by atomic mass is 10.1. The number of nitrogens with two attached hydrogens (primary N) is 1. The van der Waals surface area contributed by atoms with Crippen molar-refractivity contribution in [2.75, 3.05) is 5.32 Å². The van der Waals surface area contributed by atoms with E-state index in [0.29, 0.717) is 5.69 Å². The molecule has 7 heteroatoms. The topological polar surface area (TPSA) is 68.0 Å². The fourth-order valence-corrected chi connectivity index (χ4v) is 1.99. The second-order valence-corrected chi connectivity index (χ2v) is 5.30. The van der Waals surface area contributed by atoms with Crippen LogP contribution in [0.15, 0.2) is 41.0 Å². The lowest BCUT2D eigenvalue weighted by Gasteiger charge is -2.12. The van der Waals surface area contributed by atoms with Crippen LogP contribution in [0.1, 0.15) is 21.6 Å². The van der Waals surface area contributed by atoms with Gasteiger partial charge in [-0.25, -0.2) is 0 Å². The van der Waals surface area contributed by atoms with Gasteiger partial charge in [0.1, 0.15) is 0 Å². The van der Waals surface area contributed by atoms with Gasteiger partial charge in [0.2, 0.25) is 0 Å². The maximum atomic E-state index is 13.1. The first-order valence-corrected chi connectivity index (χ1v) is 6.77. The predicted molar refractivity (Wildman–Crippen MR) is 79.2 cm³/mol. The predicted octanol–water partition coefficient (Wildman–Crippen LogP) is 3.41. The smallest absolute Gasteiger partial charge is 0.321 e. The molecule has 0 radical (unpaired) electrons. The maximum absolute atomic E-state index is 13.1. The molecule has 0 saturated heterocycles. The molecule has 1 amide bonds. The molecule has 2 aromatic rings. The number of hydrogen-bond acceptors (Lipinski definition) is 3. The number of benzene rings is 1. The highest BCUT2D eigenvalue weighted by Crippen LogP contribution is 2.23. The average Bonchev–Trinajstić information content (AvgIpc) is 2.42. The van der Waals surface area contributed by atoms with Crippen LogP contribution in [0.3, 0.4) is 0 Å². The molecule has 0 spiro atoms. The molecule has 0 fully saturated rings. The Balaban J connectivity index is 2.22. The summed E-state index contributed by atoms with van der Waals surface area (Å²) in [6.45, 7) is 1.81. The third kappa shape index (κ3) is 3.83. The van der Waals surface area contributed by atoms with E-state index < -0.39 is 17.5 Å². The largest absolute Gasteiger partial charge is 0.326 e. The number of nitrogens with zero attached hydrogens (tertiary/aromatic N) is 1. The number of nitrogens with one attached hydrogen (secondary N) is 1. The van der Waals surface area contributed by atoms with Crippen molar-refractivity contribution in [3.63, 3.8) is 0 Å². The van der Waals surface area contributed by atoms with Crippen molar-refractivity contribution in [1.29, 1.82) is 0 Å². The highest BCUT2D eigenvalue weighted by Gasteiger charge is 2.25. The number of alkyl halides is 2. The van der Waals surface area contributed by atoms with Gasteiger partial charge in [0.15, 0.2) is 0 Å². The van der Waals surface area contributed by atoms with Gasteiger partial charge in [-0.15, -0.1) is 0 Å². The summed E-state index contributed by atoms with van der Waals surface area (Å²) >= 11 is 3.30. The Morgan fingerprint density at radius 1 is 1.38 bits per heavy atom. The van der Waals surface area contributed by atoms with E-state index in [1.807, 2.05) is 6.92 Å². The van der Waals surface area contributed by atoms with Gasteiger partial charge in [-0.2, -0.15) is 8.78 Å². The molecule has 2 rings (SSSR count). The van der Waals surface area contributed by atoms with Crippen molar-refractivity contribution in [3.8, 4) is 0 Å². The Kier molecular flexibility index (Phi) is 4.34. The van der Waals surface area contributed by atoms with Gasteiger partial charge in [0.05, 0.1) is 17.6 Å². The van der Waals surface area contributed by atoms with Crippen LogP contribution in [0, 0.1) is 6.92 Å². The van der Waals surface area contributed by atoms with Gasteiger partial charge in [0, 0.05) is 15.6 Å². The highest BCUT2D eigenvalue weighted by molar-refractivity contribution is 9.10. The Bertz CT molecular complexity index is 686. The van der Waals surface area contributed by atoms with E-state index in [2.05, 4.69) is 26.2 Å². The monoisotopic (exact) mass is 355 g/mol. The number of aromatic nitrogens is 1. The van der Waals surface area contributed by atoms with Crippen LogP contribution in [0.2, 0.25) is 0 Å². The van der Waals surface area contributed by atoms with Crippen LogP contribution in [0.5, 0.6) is 0 Å². The van der Waals surface area contributed by atoms with E-state index in [4.69, 9.17) is 5.73 Å². The molecule has 0 saturated carbocycles. The SMILES string of the molecule is Cc1ncc(NC(=O)c2cccc(C(N)(F)F)c2)cc1Br. The number of amides is 1. The maximum Gasteiger partial charge on any atom is 0.326 e. The number of hydrogen-bond donors (Lipinski definition) is 2. The average molecular weight is 356 g/mol. The van der Waals surface area contributed by atoms with Crippen molar-refractivity contribution in [2.24, 2.45) is 5.73 Å². The van der Waals surface area contributed by atoms with Crippen molar-refractivity contribution in [3.05, 3.63) is 57.8 Å². The molecule has 3 N–H and O–H groups in total.